The number of hydrogen-bond donors (Lipinski definition) is 1. The molecule has 4 aromatic rings. The largest absolute Gasteiger partial charge is 0.507 e. The van der Waals surface area contributed by atoms with Gasteiger partial charge < -0.3 is 23.7 Å². The van der Waals surface area contributed by atoms with Crippen LogP contribution in [-0.4, -0.2) is 30.8 Å². The third-order valence-electron chi connectivity index (χ3n) is 5.83. The van der Waals surface area contributed by atoms with E-state index in [2.05, 4.69) is 4.74 Å². The number of aromatic hydroxyl groups is 1. The Morgan fingerprint density at radius 2 is 1.86 bits per heavy atom. The maximum atomic E-state index is 13.0. The molecule has 8 heteroatoms. The van der Waals surface area contributed by atoms with Crippen molar-refractivity contribution >= 4 is 22.9 Å². The maximum absolute atomic E-state index is 13.0. The molecule has 1 N–H and O–H groups in total. The van der Waals surface area contributed by atoms with Crippen LogP contribution in [0.3, 0.4) is 0 Å². The van der Waals surface area contributed by atoms with E-state index in [4.69, 9.17) is 13.9 Å². The first-order valence-corrected chi connectivity index (χ1v) is 10.8. The molecule has 0 fully saturated rings. The van der Waals surface area contributed by atoms with E-state index in [0.717, 1.165) is 0 Å². The molecule has 35 heavy (non-hydrogen) atoms. The summed E-state index contributed by atoms with van der Waals surface area (Å²) < 4.78 is 21.7. The molecule has 0 radical (unpaired) electrons. The Hall–Kier alpha value is -4.59. The molecular weight excluding hydrogens is 452 g/mol. The number of benzene rings is 3. The third kappa shape index (κ3) is 4.21. The monoisotopic (exact) mass is 472 g/mol. The molecule has 1 atom stereocenters. The van der Waals surface area contributed by atoms with Crippen molar-refractivity contribution in [2.75, 3.05) is 13.7 Å². The normalized spacial score (nSPS) is 14.8. The molecule has 1 aromatic heterocycles. The van der Waals surface area contributed by atoms with Crippen molar-refractivity contribution in [3.63, 3.8) is 0 Å². The van der Waals surface area contributed by atoms with E-state index in [-0.39, 0.29) is 35.5 Å². The van der Waals surface area contributed by atoms with E-state index in [1.54, 1.807) is 36.4 Å². The summed E-state index contributed by atoms with van der Waals surface area (Å²) in [5, 5.41) is 10.6. The van der Waals surface area contributed by atoms with Gasteiger partial charge in [-0.3, -0.25) is 9.59 Å². The minimum Gasteiger partial charge on any atom is -0.507 e. The molecular formula is C27H20O8. The Morgan fingerprint density at radius 1 is 1.06 bits per heavy atom. The number of rotatable bonds is 5. The SMILES string of the molecule is COC(=O)COc1cccc(C2CC(=O)Oc3cc(O)c4c(=O)cc(-c5ccccc5)oc4c32)c1. The van der Waals surface area contributed by atoms with Crippen LogP contribution in [0.5, 0.6) is 17.2 Å². The lowest BCUT2D eigenvalue weighted by atomic mass is 9.85. The molecule has 1 aliphatic heterocycles. The summed E-state index contributed by atoms with van der Waals surface area (Å²) in [6, 6.07) is 18.6. The zero-order valence-electron chi connectivity index (χ0n) is 18.6. The van der Waals surface area contributed by atoms with Crippen molar-refractivity contribution in [3.8, 4) is 28.6 Å². The van der Waals surface area contributed by atoms with Crippen molar-refractivity contribution in [3.05, 3.63) is 88.1 Å². The molecule has 5 rings (SSSR count). The topological polar surface area (TPSA) is 112 Å². The molecule has 8 nitrogen and oxygen atoms in total. The summed E-state index contributed by atoms with van der Waals surface area (Å²) >= 11 is 0. The highest BCUT2D eigenvalue weighted by Crippen LogP contribution is 2.46. The van der Waals surface area contributed by atoms with Gasteiger partial charge in [0.2, 0.25) is 0 Å². The van der Waals surface area contributed by atoms with Gasteiger partial charge in [0.15, 0.2) is 12.0 Å². The lowest BCUT2D eigenvalue weighted by Crippen LogP contribution is -2.22. The molecule has 0 aliphatic carbocycles. The Morgan fingerprint density at radius 3 is 2.63 bits per heavy atom. The first-order chi connectivity index (χ1) is 16.9. The van der Waals surface area contributed by atoms with E-state index in [1.807, 2.05) is 18.2 Å². The van der Waals surface area contributed by atoms with Gasteiger partial charge in [-0.05, 0) is 17.7 Å². The highest BCUT2D eigenvalue weighted by molar-refractivity contribution is 5.93. The first-order valence-electron chi connectivity index (χ1n) is 10.8. The fraction of sp³-hybridized carbons (Fsp3) is 0.148. The highest BCUT2D eigenvalue weighted by atomic mass is 16.6. The number of phenolic OH excluding ortho intramolecular Hbond substituents is 1. The summed E-state index contributed by atoms with van der Waals surface area (Å²) in [4.78, 5) is 37.0. The van der Waals surface area contributed by atoms with E-state index >= 15 is 0 Å². The van der Waals surface area contributed by atoms with Crippen LogP contribution in [0.25, 0.3) is 22.3 Å². The molecule has 0 amide bonds. The van der Waals surface area contributed by atoms with Gasteiger partial charge in [-0.25, -0.2) is 4.79 Å². The minimum atomic E-state index is -0.551. The van der Waals surface area contributed by atoms with Crippen LogP contribution in [0.4, 0.5) is 0 Å². The highest BCUT2D eigenvalue weighted by Gasteiger charge is 2.33. The van der Waals surface area contributed by atoms with Gasteiger partial charge in [0.1, 0.15) is 34.0 Å². The second-order valence-electron chi connectivity index (χ2n) is 8.02. The van der Waals surface area contributed by atoms with Crippen LogP contribution in [0, 0.1) is 0 Å². The van der Waals surface area contributed by atoms with Gasteiger partial charge in [0.25, 0.3) is 0 Å². The standard InChI is InChI=1S/C27H20O8/c1-32-24(31)14-33-17-9-5-8-16(10-17)18-11-23(30)34-22-13-20(29)26-19(28)12-21(35-27(26)25(18)22)15-6-3-2-4-7-15/h2-10,12-13,18,29H,11,14H2,1H3. The van der Waals surface area contributed by atoms with Crippen molar-refractivity contribution < 1.29 is 33.3 Å². The van der Waals surface area contributed by atoms with Crippen molar-refractivity contribution in [1.82, 2.24) is 0 Å². The average Bonchev–Trinajstić information content (AvgIpc) is 2.87. The molecule has 2 heterocycles. The number of carbonyl (C=O) groups excluding carboxylic acids is 2. The predicted octanol–water partition coefficient (Wildman–Crippen LogP) is 4.16. The van der Waals surface area contributed by atoms with E-state index in [1.165, 1.54) is 19.2 Å². The lowest BCUT2D eigenvalue weighted by Gasteiger charge is -2.26. The minimum absolute atomic E-state index is 0.00414. The zero-order valence-corrected chi connectivity index (χ0v) is 18.6. The summed E-state index contributed by atoms with van der Waals surface area (Å²) in [5.41, 5.74) is 1.56. The molecule has 176 valence electrons. The number of carbonyl (C=O) groups is 2. The number of hydrogen-bond acceptors (Lipinski definition) is 8. The number of phenols is 1. The number of ether oxygens (including phenoxy) is 3. The zero-order chi connectivity index (χ0) is 24.5. The van der Waals surface area contributed by atoms with Gasteiger partial charge in [-0.2, -0.15) is 0 Å². The molecule has 1 unspecified atom stereocenters. The fourth-order valence-corrected chi connectivity index (χ4v) is 4.21. The fourth-order valence-electron chi connectivity index (χ4n) is 4.21. The summed E-state index contributed by atoms with van der Waals surface area (Å²) in [6.45, 7) is -0.268. The molecule has 3 aromatic carbocycles. The van der Waals surface area contributed by atoms with Crippen molar-refractivity contribution in [2.45, 2.75) is 12.3 Å². The van der Waals surface area contributed by atoms with Gasteiger partial charge in [0.05, 0.1) is 13.5 Å². The molecule has 1 aliphatic rings. The quantitative estimate of drug-likeness (QED) is 0.340. The number of esters is 2. The van der Waals surface area contributed by atoms with Crippen LogP contribution in [-0.2, 0) is 14.3 Å². The van der Waals surface area contributed by atoms with Crippen LogP contribution >= 0.6 is 0 Å². The molecule has 0 saturated carbocycles. The van der Waals surface area contributed by atoms with E-state index in [9.17, 15) is 19.5 Å². The first kappa shape index (κ1) is 22.2. The van der Waals surface area contributed by atoms with Crippen molar-refractivity contribution in [1.29, 1.82) is 0 Å². The van der Waals surface area contributed by atoms with Crippen molar-refractivity contribution in [2.24, 2.45) is 0 Å². The number of fused-ring (bicyclic) bond motifs is 3. The third-order valence-corrected chi connectivity index (χ3v) is 5.83. The second-order valence-corrected chi connectivity index (χ2v) is 8.02. The maximum Gasteiger partial charge on any atom is 0.343 e. The lowest BCUT2D eigenvalue weighted by molar-refractivity contribution is -0.143. The predicted molar refractivity (Wildman–Crippen MR) is 126 cm³/mol. The van der Waals surface area contributed by atoms with Gasteiger partial charge in [-0.15, -0.1) is 0 Å². The Bertz CT molecular complexity index is 1500. The van der Waals surface area contributed by atoms with E-state index < -0.39 is 23.3 Å². The summed E-state index contributed by atoms with van der Waals surface area (Å²) in [5.74, 6) is -1.07. The summed E-state index contributed by atoms with van der Waals surface area (Å²) in [7, 11) is 1.27. The Kier molecular flexibility index (Phi) is 5.70. The van der Waals surface area contributed by atoms with Gasteiger partial charge in [0, 0.05) is 29.2 Å². The molecule has 0 spiro atoms. The van der Waals surface area contributed by atoms with Crippen LogP contribution in [0.2, 0.25) is 0 Å². The van der Waals surface area contributed by atoms with Crippen LogP contribution in [0.1, 0.15) is 23.5 Å². The second kappa shape index (κ2) is 8.98. The Balaban J connectivity index is 1.69. The van der Waals surface area contributed by atoms with Gasteiger partial charge >= 0.3 is 11.9 Å². The van der Waals surface area contributed by atoms with E-state index in [0.29, 0.717) is 28.2 Å². The average molecular weight is 472 g/mol. The molecule has 0 bridgehead atoms. The van der Waals surface area contributed by atoms with Crippen LogP contribution in [0.15, 0.2) is 75.9 Å². The number of methoxy groups -OCH3 is 1. The molecule has 0 saturated heterocycles. The van der Waals surface area contributed by atoms with Crippen LogP contribution < -0.4 is 14.9 Å². The van der Waals surface area contributed by atoms with Gasteiger partial charge in [-0.1, -0.05) is 42.5 Å². The summed E-state index contributed by atoms with van der Waals surface area (Å²) in [6.07, 6.45) is -0.0212. The smallest absolute Gasteiger partial charge is 0.343 e. The Labute approximate surface area is 199 Å².